The van der Waals surface area contributed by atoms with E-state index >= 15 is 0 Å². The summed E-state index contributed by atoms with van der Waals surface area (Å²) < 4.78 is 22.2. The van der Waals surface area contributed by atoms with Crippen LogP contribution in [-0.2, 0) is 9.84 Å². The van der Waals surface area contributed by atoms with Crippen LogP contribution in [-0.4, -0.2) is 16.8 Å². The van der Waals surface area contributed by atoms with Gasteiger partial charge in [0.25, 0.3) is 0 Å². The summed E-state index contributed by atoms with van der Waals surface area (Å²) >= 11 is 24.0. The minimum Gasteiger partial charge on any atom is -0.224 e. The molecule has 0 saturated carbocycles. The van der Waals surface area contributed by atoms with E-state index in [0.29, 0.717) is 10.1 Å². The summed E-state index contributed by atoms with van der Waals surface area (Å²) in [5.74, 6) is 0. The van der Waals surface area contributed by atoms with Gasteiger partial charge in [0.05, 0.1) is 0 Å². The Kier molecular flexibility index (Phi) is 4.17. The van der Waals surface area contributed by atoms with Crippen molar-refractivity contribution in [1.29, 1.82) is 0 Å². The van der Waals surface area contributed by atoms with Crippen LogP contribution in [0.3, 0.4) is 0 Å². The van der Waals surface area contributed by atoms with Crippen LogP contribution in [0.1, 0.15) is 12.8 Å². The molecule has 0 spiro atoms. The Morgan fingerprint density at radius 3 is 1.53 bits per heavy atom. The fourth-order valence-electron chi connectivity index (χ4n) is 1.83. The zero-order chi connectivity index (χ0) is 14.3. The standard InChI is InChI=1S/C12H10Cl4O2S/c13-9-1-5-11(15,6-2-9)19(17,18)12(16)7-3-10(14)4-8-12/h1-5,7H,6,8H2. The van der Waals surface area contributed by atoms with E-state index in [9.17, 15) is 8.42 Å². The van der Waals surface area contributed by atoms with Gasteiger partial charge in [0, 0.05) is 22.9 Å². The van der Waals surface area contributed by atoms with Crippen molar-refractivity contribution in [2.24, 2.45) is 0 Å². The van der Waals surface area contributed by atoms with Crippen LogP contribution in [0.25, 0.3) is 0 Å². The Hall–Kier alpha value is 0.0700. The second kappa shape index (κ2) is 5.12. The number of rotatable bonds is 2. The highest BCUT2D eigenvalue weighted by Crippen LogP contribution is 2.46. The maximum absolute atomic E-state index is 12.7. The first-order valence-electron chi connectivity index (χ1n) is 5.42. The van der Waals surface area contributed by atoms with Crippen molar-refractivity contribution >= 4 is 56.2 Å². The lowest BCUT2D eigenvalue weighted by atomic mass is 10.2. The van der Waals surface area contributed by atoms with Crippen LogP contribution in [0.4, 0.5) is 0 Å². The number of hydrogen-bond acceptors (Lipinski definition) is 2. The largest absolute Gasteiger partial charge is 0.224 e. The van der Waals surface area contributed by atoms with Crippen LogP contribution in [0.15, 0.2) is 46.5 Å². The highest BCUT2D eigenvalue weighted by atomic mass is 35.5. The third kappa shape index (κ3) is 2.64. The van der Waals surface area contributed by atoms with Crippen molar-refractivity contribution in [2.75, 3.05) is 0 Å². The molecule has 0 aromatic heterocycles. The first-order chi connectivity index (χ1) is 8.70. The van der Waals surface area contributed by atoms with Gasteiger partial charge in [0.2, 0.25) is 0 Å². The maximum Gasteiger partial charge on any atom is 0.197 e. The second-order valence-electron chi connectivity index (χ2n) is 4.33. The topological polar surface area (TPSA) is 34.1 Å². The van der Waals surface area contributed by atoms with Crippen molar-refractivity contribution in [2.45, 2.75) is 21.3 Å². The normalized spacial score (nSPS) is 34.9. The lowest BCUT2D eigenvalue weighted by Crippen LogP contribution is -2.44. The molecule has 0 radical (unpaired) electrons. The first-order valence-corrected chi connectivity index (χ1v) is 8.41. The summed E-state index contributed by atoms with van der Waals surface area (Å²) in [6, 6.07) is 0. The molecule has 7 heteroatoms. The average Bonchev–Trinajstić information content (AvgIpc) is 2.36. The Morgan fingerprint density at radius 1 is 0.895 bits per heavy atom. The van der Waals surface area contributed by atoms with Gasteiger partial charge in [-0.15, -0.1) is 0 Å². The van der Waals surface area contributed by atoms with Gasteiger partial charge < -0.3 is 0 Å². The van der Waals surface area contributed by atoms with Gasteiger partial charge in [0.15, 0.2) is 18.2 Å². The van der Waals surface area contributed by atoms with E-state index in [1.165, 1.54) is 24.3 Å². The molecule has 2 unspecified atom stereocenters. The van der Waals surface area contributed by atoms with E-state index in [1.807, 2.05) is 0 Å². The molecule has 0 N–H and O–H groups in total. The summed E-state index contributed by atoms with van der Waals surface area (Å²) in [7, 11) is -3.88. The average molecular weight is 360 g/mol. The van der Waals surface area contributed by atoms with Crippen LogP contribution in [0, 0.1) is 0 Å². The predicted molar refractivity (Wildman–Crippen MR) is 81.5 cm³/mol. The zero-order valence-electron chi connectivity index (χ0n) is 9.61. The summed E-state index contributed by atoms with van der Waals surface area (Å²) in [5, 5.41) is 0.912. The minimum atomic E-state index is -3.88. The summed E-state index contributed by atoms with van der Waals surface area (Å²) in [6.07, 6.45) is 8.92. The van der Waals surface area contributed by atoms with Crippen LogP contribution < -0.4 is 0 Å². The molecule has 2 aliphatic rings. The smallest absolute Gasteiger partial charge is 0.197 e. The van der Waals surface area contributed by atoms with Gasteiger partial charge in [-0.3, -0.25) is 0 Å². The number of sulfone groups is 1. The molecule has 0 fully saturated rings. The number of allylic oxidation sites excluding steroid dienone is 6. The predicted octanol–water partition coefficient (Wildman–Crippen LogP) is 4.44. The monoisotopic (exact) mass is 358 g/mol. The Balaban J connectivity index is 2.40. The van der Waals surface area contributed by atoms with Gasteiger partial charge in [-0.25, -0.2) is 8.42 Å². The molecule has 0 aromatic rings. The van der Waals surface area contributed by atoms with Gasteiger partial charge >= 0.3 is 0 Å². The number of alkyl halides is 2. The highest BCUT2D eigenvalue weighted by molar-refractivity contribution is 7.97. The highest BCUT2D eigenvalue weighted by Gasteiger charge is 2.52. The second-order valence-corrected chi connectivity index (χ2v) is 9.46. The molecule has 2 nitrogen and oxygen atoms in total. The molecule has 0 heterocycles. The van der Waals surface area contributed by atoms with Crippen molar-refractivity contribution in [3.05, 3.63) is 46.5 Å². The van der Waals surface area contributed by atoms with E-state index in [4.69, 9.17) is 46.4 Å². The molecular formula is C12H10Cl4O2S. The quantitative estimate of drug-likeness (QED) is 0.683. The maximum atomic E-state index is 12.7. The summed E-state index contributed by atoms with van der Waals surface area (Å²) in [5.41, 5.74) is 0. The lowest BCUT2D eigenvalue weighted by Gasteiger charge is -2.34. The van der Waals surface area contributed by atoms with Gasteiger partial charge in [-0.1, -0.05) is 58.6 Å². The molecule has 2 atom stereocenters. The number of hydrogen-bond donors (Lipinski definition) is 0. The fraction of sp³-hybridized carbons (Fsp3) is 0.333. The van der Waals surface area contributed by atoms with Crippen LogP contribution in [0.5, 0.6) is 0 Å². The summed E-state index contributed by atoms with van der Waals surface area (Å²) in [6.45, 7) is 0. The first kappa shape index (κ1) is 15.5. The Bertz CT molecular complexity index is 570. The molecule has 0 amide bonds. The molecule has 0 aromatic carbocycles. The molecule has 0 aliphatic heterocycles. The molecule has 0 saturated heterocycles. The van der Waals surface area contributed by atoms with E-state index < -0.39 is 18.2 Å². The van der Waals surface area contributed by atoms with Gasteiger partial charge in [-0.2, -0.15) is 0 Å². The molecule has 2 rings (SSSR count). The van der Waals surface area contributed by atoms with E-state index in [1.54, 1.807) is 12.2 Å². The van der Waals surface area contributed by atoms with E-state index in [2.05, 4.69) is 0 Å². The lowest BCUT2D eigenvalue weighted by molar-refractivity contribution is 0.567. The third-order valence-electron chi connectivity index (χ3n) is 3.03. The SMILES string of the molecule is O=S(=O)(C1(Cl)C=CC(Cl)=CC1)C1(Cl)C=CC(Cl)=CC1. The van der Waals surface area contributed by atoms with Crippen molar-refractivity contribution in [3.63, 3.8) is 0 Å². The molecule has 104 valence electrons. The van der Waals surface area contributed by atoms with Crippen molar-refractivity contribution in [3.8, 4) is 0 Å². The summed E-state index contributed by atoms with van der Waals surface area (Å²) in [4.78, 5) is 0. The molecule has 0 bridgehead atoms. The Morgan fingerprint density at radius 2 is 1.26 bits per heavy atom. The molecular weight excluding hydrogens is 350 g/mol. The minimum absolute atomic E-state index is 0.0754. The van der Waals surface area contributed by atoms with Crippen LogP contribution >= 0.6 is 46.4 Å². The van der Waals surface area contributed by atoms with Crippen LogP contribution in [0.2, 0.25) is 0 Å². The fourth-order valence-corrected chi connectivity index (χ4v) is 5.00. The van der Waals surface area contributed by atoms with E-state index in [-0.39, 0.29) is 12.8 Å². The molecule has 19 heavy (non-hydrogen) atoms. The number of halogens is 4. The third-order valence-corrected chi connectivity index (χ3v) is 7.76. The Labute approximate surface area is 132 Å². The van der Waals surface area contributed by atoms with Crippen molar-refractivity contribution in [1.82, 2.24) is 0 Å². The van der Waals surface area contributed by atoms with Gasteiger partial charge in [-0.05, 0) is 24.3 Å². The van der Waals surface area contributed by atoms with Gasteiger partial charge in [0.1, 0.15) is 0 Å². The molecule has 2 aliphatic carbocycles. The van der Waals surface area contributed by atoms with Crippen molar-refractivity contribution < 1.29 is 8.42 Å². The zero-order valence-corrected chi connectivity index (χ0v) is 13.5. The van der Waals surface area contributed by atoms with E-state index in [0.717, 1.165) is 0 Å².